The Morgan fingerprint density at radius 1 is 1.47 bits per heavy atom. The van der Waals surface area contributed by atoms with Gasteiger partial charge in [0.25, 0.3) is 0 Å². The molecule has 1 aromatic carbocycles. The lowest BCUT2D eigenvalue weighted by molar-refractivity contribution is -0.136. The molecule has 0 saturated carbocycles. The number of aromatic hydroxyl groups is 1. The molecular weight excluding hydrogens is 196 g/mol. The van der Waals surface area contributed by atoms with E-state index < -0.39 is 5.97 Å². The predicted octanol–water partition coefficient (Wildman–Crippen LogP) is 1.64. The largest absolute Gasteiger partial charge is 0.507 e. The Bertz CT molecular complexity index is 396. The Labute approximate surface area is 88.1 Å². The molecule has 0 radical (unpaired) electrons. The third-order valence-corrected chi connectivity index (χ3v) is 2.30. The first-order chi connectivity index (χ1) is 6.97. The fourth-order valence-electron chi connectivity index (χ4n) is 1.62. The number of benzene rings is 1. The number of aliphatic carboxylic acids is 1. The third-order valence-electron chi connectivity index (χ3n) is 2.30. The molecule has 0 heterocycles. The van der Waals surface area contributed by atoms with Crippen LogP contribution in [0.3, 0.4) is 0 Å². The Morgan fingerprint density at radius 2 is 2.07 bits per heavy atom. The molecular formula is C11H14O4. The lowest BCUT2D eigenvalue weighted by Gasteiger charge is -2.13. The molecule has 0 aliphatic heterocycles. The maximum atomic E-state index is 10.6. The average Bonchev–Trinajstić information content (AvgIpc) is 2.14. The molecule has 0 bridgehead atoms. The van der Waals surface area contributed by atoms with E-state index in [1.165, 1.54) is 7.11 Å². The molecule has 0 amide bonds. The topological polar surface area (TPSA) is 66.8 Å². The summed E-state index contributed by atoms with van der Waals surface area (Å²) in [6, 6.07) is 1.63. The number of hydrogen-bond donors (Lipinski definition) is 2. The first-order valence-electron chi connectivity index (χ1n) is 4.55. The standard InChI is InChI=1S/C11H14O4/c1-6-4-8(5-9(12)13)11(15-3)7(2)10(6)14/h4,14H,5H2,1-3H3,(H,12,13). The van der Waals surface area contributed by atoms with E-state index in [1.54, 1.807) is 19.9 Å². The van der Waals surface area contributed by atoms with Crippen molar-refractivity contribution in [3.05, 3.63) is 22.8 Å². The van der Waals surface area contributed by atoms with E-state index in [0.29, 0.717) is 22.4 Å². The van der Waals surface area contributed by atoms with Crippen LogP contribution >= 0.6 is 0 Å². The van der Waals surface area contributed by atoms with Crippen molar-refractivity contribution < 1.29 is 19.7 Å². The first-order valence-corrected chi connectivity index (χ1v) is 4.55. The van der Waals surface area contributed by atoms with Crippen molar-refractivity contribution in [1.29, 1.82) is 0 Å². The van der Waals surface area contributed by atoms with Gasteiger partial charge in [-0.25, -0.2) is 0 Å². The Morgan fingerprint density at radius 3 is 2.53 bits per heavy atom. The summed E-state index contributed by atoms with van der Waals surface area (Å²) in [5.74, 6) is -0.320. The Balaban J connectivity index is 3.31. The van der Waals surface area contributed by atoms with Crippen molar-refractivity contribution in [3.8, 4) is 11.5 Å². The fourth-order valence-corrected chi connectivity index (χ4v) is 1.62. The van der Waals surface area contributed by atoms with Gasteiger partial charge in [0.2, 0.25) is 0 Å². The minimum absolute atomic E-state index is 0.106. The number of aryl methyl sites for hydroxylation is 1. The number of hydrogen-bond acceptors (Lipinski definition) is 3. The van der Waals surface area contributed by atoms with Crippen molar-refractivity contribution in [2.45, 2.75) is 20.3 Å². The fraction of sp³-hybridized carbons (Fsp3) is 0.364. The summed E-state index contributed by atoms with van der Waals surface area (Å²) in [6.07, 6.45) is -0.106. The van der Waals surface area contributed by atoms with Crippen molar-refractivity contribution >= 4 is 5.97 Å². The quantitative estimate of drug-likeness (QED) is 0.796. The summed E-state index contributed by atoms with van der Waals surface area (Å²) >= 11 is 0. The second kappa shape index (κ2) is 4.21. The molecule has 2 N–H and O–H groups in total. The number of carboxylic acids is 1. The normalized spacial score (nSPS) is 10.1. The van der Waals surface area contributed by atoms with E-state index in [4.69, 9.17) is 9.84 Å². The van der Waals surface area contributed by atoms with Gasteiger partial charge < -0.3 is 14.9 Å². The van der Waals surface area contributed by atoms with Crippen LogP contribution in [0.15, 0.2) is 6.07 Å². The highest BCUT2D eigenvalue weighted by Gasteiger charge is 2.15. The molecule has 0 unspecified atom stereocenters. The van der Waals surface area contributed by atoms with Gasteiger partial charge >= 0.3 is 5.97 Å². The van der Waals surface area contributed by atoms with Crippen molar-refractivity contribution in [1.82, 2.24) is 0 Å². The molecule has 1 aromatic rings. The number of carboxylic acid groups (broad SMARTS) is 1. The van der Waals surface area contributed by atoms with Gasteiger partial charge in [0.05, 0.1) is 13.5 Å². The van der Waals surface area contributed by atoms with Crippen LogP contribution in [0.4, 0.5) is 0 Å². The van der Waals surface area contributed by atoms with Crippen molar-refractivity contribution in [2.24, 2.45) is 0 Å². The summed E-state index contributed by atoms with van der Waals surface area (Å²) < 4.78 is 5.09. The van der Waals surface area contributed by atoms with Gasteiger partial charge in [0.1, 0.15) is 11.5 Å². The van der Waals surface area contributed by atoms with Crippen LogP contribution in [0.25, 0.3) is 0 Å². The number of carbonyl (C=O) groups is 1. The molecule has 1 rings (SSSR count). The van der Waals surface area contributed by atoms with Crippen LogP contribution in [0, 0.1) is 13.8 Å². The third kappa shape index (κ3) is 2.21. The molecule has 0 aliphatic rings. The second-order valence-corrected chi connectivity index (χ2v) is 3.43. The van der Waals surface area contributed by atoms with Gasteiger partial charge in [-0.05, 0) is 25.5 Å². The molecule has 4 nitrogen and oxygen atoms in total. The van der Waals surface area contributed by atoms with Gasteiger partial charge in [-0.2, -0.15) is 0 Å². The molecule has 0 saturated heterocycles. The van der Waals surface area contributed by atoms with Crippen LogP contribution in [0.5, 0.6) is 11.5 Å². The van der Waals surface area contributed by atoms with Crippen molar-refractivity contribution in [2.75, 3.05) is 7.11 Å². The zero-order valence-corrected chi connectivity index (χ0v) is 9.00. The van der Waals surface area contributed by atoms with E-state index in [2.05, 4.69) is 0 Å². The van der Waals surface area contributed by atoms with Crippen LogP contribution in [0.1, 0.15) is 16.7 Å². The van der Waals surface area contributed by atoms with Crippen LogP contribution in [-0.2, 0) is 11.2 Å². The molecule has 0 atom stereocenters. The monoisotopic (exact) mass is 210 g/mol. The minimum atomic E-state index is -0.919. The lowest BCUT2D eigenvalue weighted by Crippen LogP contribution is -2.04. The van der Waals surface area contributed by atoms with E-state index >= 15 is 0 Å². The number of phenolic OH excluding ortho intramolecular Hbond substituents is 1. The van der Waals surface area contributed by atoms with Gasteiger partial charge in [-0.1, -0.05) is 0 Å². The van der Waals surface area contributed by atoms with Crippen LogP contribution < -0.4 is 4.74 Å². The number of methoxy groups -OCH3 is 1. The molecule has 0 spiro atoms. The predicted molar refractivity (Wildman–Crippen MR) is 55.5 cm³/mol. The first kappa shape index (κ1) is 11.4. The maximum absolute atomic E-state index is 10.6. The molecule has 82 valence electrons. The molecule has 4 heteroatoms. The minimum Gasteiger partial charge on any atom is -0.507 e. The summed E-state index contributed by atoms with van der Waals surface area (Å²) in [5, 5.41) is 18.4. The second-order valence-electron chi connectivity index (χ2n) is 3.43. The average molecular weight is 210 g/mol. The lowest BCUT2D eigenvalue weighted by atomic mass is 10.0. The van der Waals surface area contributed by atoms with E-state index in [9.17, 15) is 9.90 Å². The van der Waals surface area contributed by atoms with Crippen molar-refractivity contribution in [3.63, 3.8) is 0 Å². The van der Waals surface area contributed by atoms with Gasteiger partial charge in [0, 0.05) is 11.1 Å². The maximum Gasteiger partial charge on any atom is 0.307 e. The molecule has 15 heavy (non-hydrogen) atoms. The molecule has 0 aromatic heterocycles. The van der Waals surface area contributed by atoms with Gasteiger partial charge in [-0.15, -0.1) is 0 Å². The van der Waals surface area contributed by atoms with Gasteiger partial charge in [-0.3, -0.25) is 4.79 Å². The number of phenols is 1. The van der Waals surface area contributed by atoms with E-state index in [1.807, 2.05) is 0 Å². The summed E-state index contributed by atoms with van der Waals surface area (Å²) in [4.78, 5) is 10.6. The molecule has 0 fully saturated rings. The zero-order chi connectivity index (χ0) is 11.6. The number of ether oxygens (including phenoxy) is 1. The Kier molecular flexibility index (Phi) is 3.19. The van der Waals surface area contributed by atoms with Crippen LogP contribution in [0.2, 0.25) is 0 Å². The summed E-state index contributed by atoms with van der Waals surface area (Å²) in [6.45, 7) is 3.43. The number of rotatable bonds is 3. The van der Waals surface area contributed by atoms with Gasteiger partial charge in [0.15, 0.2) is 0 Å². The van der Waals surface area contributed by atoms with E-state index in [-0.39, 0.29) is 12.2 Å². The smallest absolute Gasteiger partial charge is 0.307 e. The Hall–Kier alpha value is -1.71. The summed E-state index contributed by atoms with van der Waals surface area (Å²) in [5.41, 5.74) is 1.82. The van der Waals surface area contributed by atoms with Crippen LogP contribution in [-0.4, -0.2) is 23.3 Å². The highest BCUT2D eigenvalue weighted by molar-refractivity contribution is 5.72. The highest BCUT2D eigenvalue weighted by atomic mass is 16.5. The summed E-state index contributed by atoms with van der Waals surface area (Å²) in [7, 11) is 1.46. The zero-order valence-electron chi connectivity index (χ0n) is 9.00. The molecule has 0 aliphatic carbocycles. The van der Waals surface area contributed by atoms with E-state index in [0.717, 1.165) is 0 Å². The SMILES string of the molecule is COc1c(CC(=O)O)cc(C)c(O)c1C. The highest BCUT2D eigenvalue weighted by Crippen LogP contribution is 2.33.